The predicted octanol–water partition coefficient (Wildman–Crippen LogP) is 2.83. The molecule has 0 aliphatic carbocycles. The van der Waals surface area contributed by atoms with Gasteiger partial charge in [0.1, 0.15) is 0 Å². The van der Waals surface area contributed by atoms with Crippen LogP contribution in [-0.2, 0) is 26.6 Å². The van der Waals surface area contributed by atoms with Crippen LogP contribution in [0.2, 0.25) is 0 Å². The number of aryl methyl sites for hydroxylation is 2. The number of rotatable bonds is 6. The summed E-state index contributed by atoms with van der Waals surface area (Å²) in [6.45, 7) is 11.9. The average molecular weight is 502 g/mol. The molecule has 2 N–H and O–H groups in total. The number of nitrogens with one attached hydrogen (secondary N) is 2. The normalized spacial score (nSPS) is 14.6. The number of thiophene rings is 1. The molecule has 3 rings (SSSR count). The van der Waals surface area contributed by atoms with Crippen LogP contribution in [0.5, 0.6) is 0 Å². The van der Waals surface area contributed by atoms with E-state index < -0.39 is 0 Å². The van der Waals surface area contributed by atoms with E-state index in [2.05, 4.69) is 45.9 Å². The average Bonchev–Trinajstić information content (AvgIpc) is 3.17. The molecule has 27 heavy (non-hydrogen) atoms. The summed E-state index contributed by atoms with van der Waals surface area (Å²) in [6, 6.07) is 2.27. The largest absolute Gasteiger partial charge is 0.357 e. The van der Waals surface area contributed by atoms with Crippen LogP contribution in [0.25, 0.3) is 0 Å². The topological polar surface area (TPSA) is 57.5 Å². The Bertz CT molecular complexity index is 766. The smallest absolute Gasteiger partial charge is 0.191 e. The van der Waals surface area contributed by atoms with E-state index in [0.29, 0.717) is 6.54 Å². The van der Waals surface area contributed by atoms with Crippen molar-refractivity contribution in [2.45, 2.75) is 40.3 Å². The molecule has 0 bridgehead atoms. The van der Waals surface area contributed by atoms with Crippen LogP contribution in [0.3, 0.4) is 0 Å². The zero-order valence-electron chi connectivity index (χ0n) is 16.7. The number of fused-ring (bicyclic) bond motifs is 1. The van der Waals surface area contributed by atoms with Gasteiger partial charge in [0.2, 0.25) is 0 Å². The molecule has 0 saturated carbocycles. The fourth-order valence-corrected chi connectivity index (χ4v) is 4.27. The zero-order chi connectivity index (χ0) is 18.5. The van der Waals surface area contributed by atoms with E-state index in [0.717, 1.165) is 44.4 Å². The number of aliphatic imine (C=N–C) groups is 1. The minimum atomic E-state index is 0. The van der Waals surface area contributed by atoms with Crippen molar-refractivity contribution in [1.82, 2.24) is 25.3 Å². The van der Waals surface area contributed by atoms with E-state index in [9.17, 15) is 0 Å². The van der Waals surface area contributed by atoms with Crippen molar-refractivity contribution in [3.05, 3.63) is 38.8 Å². The standard InChI is InChI=1S/C19H30N6S.HI/c1-5-20-19(22-12-17-14(2)23-24(4)15(17)3)21-8-10-25-9-6-18-16(13-25)7-11-26-18;/h7,11H,5-6,8-10,12-13H2,1-4H3,(H2,20,21,22);1H. The first-order chi connectivity index (χ1) is 12.6. The minimum absolute atomic E-state index is 0. The van der Waals surface area contributed by atoms with Gasteiger partial charge in [-0.3, -0.25) is 9.58 Å². The Balaban J connectivity index is 0.00000261. The van der Waals surface area contributed by atoms with Crippen molar-refractivity contribution in [2.75, 3.05) is 26.2 Å². The lowest BCUT2D eigenvalue weighted by atomic mass is 10.1. The molecule has 0 spiro atoms. The van der Waals surface area contributed by atoms with Crippen molar-refractivity contribution >= 4 is 41.3 Å². The molecule has 0 amide bonds. The highest BCUT2D eigenvalue weighted by Gasteiger charge is 2.16. The third kappa shape index (κ3) is 5.68. The van der Waals surface area contributed by atoms with Gasteiger partial charge in [-0.25, -0.2) is 4.99 Å². The molecule has 6 nitrogen and oxygen atoms in total. The predicted molar refractivity (Wildman–Crippen MR) is 124 cm³/mol. The summed E-state index contributed by atoms with van der Waals surface area (Å²) in [6.07, 6.45) is 1.18. The molecule has 8 heteroatoms. The first-order valence-corrected chi connectivity index (χ1v) is 10.2. The van der Waals surface area contributed by atoms with E-state index in [1.54, 1.807) is 4.88 Å². The number of guanidine groups is 1. The van der Waals surface area contributed by atoms with Crippen LogP contribution in [0.15, 0.2) is 16.4 Å². The number of halogens is 1. The van der Waals surface area contributed by atoms with Gasteiger partial charge in [0.25, 0.3) is 0 Å². The van der Waals surface area contributed by atoms with Crippen LogP contribution >= 0.6 is 35.3 Å². The Hall–Kier alpha value is -1.13. The van der Waals surface area contributed by atoms with E-state index in [-0.39, 0.29) is 24.0 Å². The van der Waals surface area contributed by atoms with Gasteiger partial charge in [-0.2, -0.15) is 5.10 Å². The Labute approximate surface area is 183 Å². The molecule has 0 unspecified atom stereocenters. The number of hydrogen-bond donors (Lipinski definition) is 2. The first kappa shape index (κ1) is 22.2. The Morgan fingerprint density at radius 1 is 1.33 bits per heavy atom. The highest BCUT2D eigenvalue weighted by molar-refractivity contribution is 14.0. The molecule has 2 aromatic heterocycles. The molecule has 0 aromatic carbocycles. The van der Waals surface area contributed by atoms with Gasteiger partial charge >= 0.3 is 0 Å². The minimum Gasteiger partial charge on any atom is -0.357 e. The summed E-state index contributed by atoms with van der Waals surface area (Å²) < 4.78 is 1.93. The van der Waals surface area contributed by atoms with Crippen molar-refractivity contribution < 1.29 is 0 Å². The van der Waals surface area contributed by atoms with Crippen LogP contribution in [0.1, 0.15) is 34.3 Å². The third-order valence-electron chi connectivity index (χ3n) is 5.01. The second kappa shape index (κ2) is 10.4. The van der Waals surface area contributed by atoms with Crippen LogP contribution in [0, 0.1) is 13.8 Å². The van der Waals surface area contributed by atoms with Crippen molar-refractivity contribution in [3.63, 3.8) is 0 Å². The molecule has 3 heterocycles. The van der Waals surface area contributed by atoms with Gasteiger partial charge in [-0.05, 0) is 44.2 Å². The lowest BCUT2D eigenvalue weighted by Crippen LogP contribution is -2.42. The second-order valence-corrected chi connectivity index (χ2v) is 7.79. The van der Waals surface area contributed by atoms with Crippen LogP contribution < -0.4 is 10.6 Å². The van der Waals surface area contributed by atoms with E-state index in [1.165, 1.54) is 23.2 Å². The molecule has 0 atom stereocenters. The van der Waals surface area contributed by atoms with Gasteiger partial charge in [0, 0.05) is 55.9 Å². The van der Waals surface area contributed by atoms with Crippen molar-refractivity contribution in [3.8, 4) is 0 Å². The number of hydrogen-bond acceptors (Lipinski definition) is 4. The summed E-state index contributed by atoms with van der Waals surface area (Å²) >= 11 is 1.89. The Morgan fingerprint density at radius 3 is 2.85 bits per heavy atom. The SMILES string of the molecule is CCNC(=NCc1c(C)nn(C)c1C)NCCN1CCc2sccc2C1.I. The van der Waals surface area contributed by atoms with Crippen molar-refractivity contribution in [1.29, 1.82) is 0 Å². The lowest BCUT2D eigenvalue weighted by molar-refractivity contribution is 0.260. The molecular weight excluding hydrogens is 471 g/mol. The number of nitrogens with zero attached hydrogens (tertiary/aromatic N) is 4. The lowest BCUT2D eigenvalue weighted by Gasteiger charge is -2.27. The monoisotopic (exact) mass is 502 g/mol. The quantitative estimate of drug-likeness (QED) is 0.363. The highest BCUT2D eigenvalue weighted by Crippen LogP contribution is 2.23. The summed E-state index contributed by atoms with van der Waals surface area (Å²) in [5.41, 5.74) is 4.96. The van der Waals surface area contributed by atoms with Gasteiger partial charge < -0.3 is 10.6 Å². The summed E-state index contributed by atoms with van der Waals surface area (Å²) in [5.74, 6) is 0.878. The van der Waals surface area contributed by atoms with Gasteiger partial charge in [-0.15, -0.1) is 35.3 Å². The fraction of sp³-hybridized carbons (Fsp3) is 0.579. The fourth-order valence-electron chi connectivity index (χ4n) is 3.38. The van der Waals surface area contributed by atoms with Gasteiger partial charge in [0.15, 0.2) is 5.96 Å². The second-order valence-electron chi connectivity index (χ2n) is 6.79. The zero-order valence-corrected chi connectivity index (χ0v) is 19.9. The highest BCUT2D eigenvalue weighted by atomic mass is 127. The number of aromatic nitrogens is 2. The van der Waals surface area contributed by atoms with Crippen LogP contribution in [-0.4, -0.2) is 46.8 Å². The molecule has 1 aliphatic heterocycles. The van der Waals surface area contributed by atoms with Crippen molar-refractivity contribution in [2.24, 2.45) is 12.0 Å². The first-order valence-electron chi connectivity index (χ1n) is 9.37. The Kier molecular flexibility index (Phi) is 8.56. The molecule has 0 fully saturated rings. The van der Waals surface area contributed by atoms with E-state index >= 15 is 0 Å². The van der Waals surface area contributed by atoms with Gasteiger partial charge in [0.05, 0.1) is 12.2 Å². The molecule has 150 valence electrons. The summed E-state index contributed by atoms with van der Waals surface area (Å²) in [7, 11) is 1.98. The maximum absolute atomic E-state index is 4.75. The van der Waals surface area contributed by atoms with Crippen LogP contribution in [0.4, 0.5) is 0 Å². The summed E-state index contributed by atoms with van der Waals surface area (Å²) in [4.78, 5) is 8.83. The molecule has 2 aromatic rings. The van der Waals surface area contributed by atoms with E-state index in [4.69, 9.17) is 4.99 Å². The summed E-state index contributed by atoms with van der Waals surface area (Å²) in [5, 5.41) is 13.5. The maximum atomic E-state index is 4.75. The Morgan fingerprint density at radius 2 is 2.15 bits per heavy atom. The molecule has 0 radical (unpaired) electrons. The molecular formula is C19H31IN6S. The van der Waals surface area contributed by atoms with E-state index in [1.807, 2.05) is 30.0 Å². The molecule has 1 aliphatic rings. The molecule has 0 saturated heterocycles. The maximum Gasteiger partial charge on any atom is 0.191 e. The van der Waals surface area contributed by atoms with Gasteiger partial charge in [-0.1, -0.05) is 0 Å². The third-order valence-corrected chi connectivity index (χ3v) is 6.03.